The molecule has 0 radical (unpaired) electrons. The minimum absolute atomic E-state index is 0.181. The Hall–Kier alpha value is -1.35. The van der Waals surface area contributed by atoms with Gasteiger partial charge in [0.25, 0.3) is 0 Å². The van der Waals surface area contributed by atoms with Crippen LogP contribution in [-0.2, 0) is 11.2 Å². The van der Waals surface area contributed by atoms with Crippen LogP contribution in [0.25, 0.3) is 0 Å². The minimum Gasteiger partial charge on any atom is -0.356 e. The van der Waals surface area contributed by atoms with Gasteiger partial charge in [0.2, 0.25) is 5.91 Å². The summed E-state index contributed by atoms with van der Waals surface area (Å²) in [6.45, 7) is 5.18. The summed E-state index contributed by atoms with van der Waals surface area (Å²) in [5.41, 5.74) is 2.51. The van der Waals surface area contributed by atoms with Crippen LogP contribution in [-0.4, -0.2) is 25.5 Å². The van der Waals surface area contributed by atoms with Crippen molar-refractivity contribution in [1.82, 2.24) is 10.6 Å². The van der Waals surface area contributed by atoms with Crippen LogP contribution in [0.4, 0.5) is 0 Å². The van der Waals surface area contributed by atoms with Gasteiger partial charge in [0.05, 0.1) is 0 Å². The summed E-state index contributed by atoms with van der Waals surface area (Å²) in [6, 6.07) is 8.39. The van der Waals surface area contributed by atoms with Gasteiger partial charge in [-0.3, -0.25) is 4.79 Å². The molecule has 1 fully saturated rings. The van der Waals surface area contributed by atoms with E-state index in [9.17, 15) is 4.79 Å². The lowest BCUT2D eigenvalue weighted by atomic mass is 9.95. The van der Waals surface area contributed by atoms with Crippen molar-refractivity contribution in [3.05, 3.63) is 35.4 Å². The van der Waals surface area contributed by atoms with Crippen molar-refractivity contribution in [2.24, 2.45) is 5.92 Å². The maximum atomic E-state index is 11.8. The summed E-state index contributed by atoms with van der Waals surface area (Å²) in [5.74, 6) is 0.966. The highest BCUT2D eigenvalue weighted by Crippen LogP contribution is 2.14. The number of carbonyl (C=O) groups excluding carboxylic acids is 1. The van der Waals surface area contributed by atoms with Crippen LogP contribution in [0.15, 0.2) is 24.3 Å². The summed E-state index contributed by atoms with van der Waals surface area (Å²) >= 11 is 0. The molecular formula is C17H26N2O. The first-order valence-electron chi connectivity index (χ1n) is 7.77. The average Bonchev–Trinajstić information content (AvgIpc) is 2.46. The van der Waals surface area contributed by atoms with Gasteiger partial charge >= 0.3 is 0 Å². The predicted octanol–water partition coefficient (Wildman–Crippen LogP) is 2.43. The van der Waals surface area contributed by atoms with Crippen LogP contribution in [0.3, 0.4) is 0 Å². The molecule has 1 saturated heterocycles. The summed E-state index contributed by atoms with van der Waals surface area (Å²) in [5, 5.41) is 6.43. The summed E-state index contributed by atoms with van der Waals surface area (Å²) in [7, 11) is 0. The van der Waals surface area contributed by atoms with Gasteiger partial charge < -0.3 is 10.6 Å². The lowest BCUT2D eigenvalue weighted by Gasteiger charge is -2.22. The van der Waals surface area contributed by atoms with E-state index >= 15 is 0 Å². The van der Waals surface area contributed by atoms with Crippen molar-refractivity contribution in [3.8, 4) is 0 Å². The van der Waals surface area contributed by atoms with Crippen LogP contribution < -0.4 is 10.6 Å². The Bertz CT molecular complexity index is 425. The zero-order valence-electron chi connectivity index (χ0n) is 12.5. The molecule has 3 nitrogen and oxygen atoms in total. The first-order valence-corrected chi connectivity index (χ1v) is 7.77. The van der Waals surface area contributed by atoms with Crippen molar-refractivity contribution in [3.63, 3.8) is 0 Å². The fraction of sp³-hybridized carbons (Fsp3) is 0.588. The van der Waals surface area contributed by atoms with Gasteiger partial charge in [-0.05, 0) is 57.2 Å². The van der Waals surface area contributed by atoms with E-state index in [4.69, 9.17) is 0 Å². The molecule has 0 aliphatic carbocycles. The third-order valence-corrected chi connectivity index (χ3v) is 4.06. The van der Waals surface area contributed by atoms with E-state index in [2.05, 4.69) is 41.8 Å². The average molecular weight is 274 g/mol. The molecule has 1 amide bonds. The van der Waals surface area contributed by atoms with Gasteiger partial charge in [-0.2, -0.15) is 0 Å². The van der Waals surface area contributed by atoms with Gasteiger partial charge in [-0.15, -0.1) is 0 Å². The number of piperidine rings is 1. The first kappa shape index (κ1) is 15.0. The number of nitrogens with one attached hydrogen (secondary N) is 2. The number of aryl methyl sites for hydroxylation is 2. The molecule has 110 valence electrons. The molecule has 0 spiro atoms. The number of benzene rings is 1. The van der Waals surface area contributed by atoms with Crippen LogP contribution in [0.2, 0.25) is 0 Å². The van der Waals surface area contributed by atoms with E-state index in [1.807, 2.05) is 0 Å². The molecule has 1 aliphatic rings. The second-order valence-corrected chi connectivity index (χ2v) is 5.82. The smallest absolute Gasteiger partial charge is 0.220 e. The van der Waals surface area contributed by atoms with Crippen molar-refractivity contribution < 1.29 is 4.79 Å². The molecular weight excluding hydrogens is 248 g/mol. The predicted molar refractivity (Wildman–Crippen MR) is 82.7 cm³/mol. The van der Waals surface area contributed by atoms with Crippen LogP contribution in [0, 0.1) is 12.8 Å². The molecule has 1 aromatic rings. The number of amides is 1. The highest BCUT2D eigenvalue weighted by molar-refractivity contribution is 5.76. The Kier molecular flexibility index (Phi) is 6.06. The van der Waals surface area contributed by atoms with Crippen LogP contribution in [0.5, 0.6) is 0 Å². The standard InChI is InChI=1S/C17H26N2O/c1-14-3-2-4-16(13-14)5-6-17(20)19-12-9-15-7-10-18-11-8-15/h2-4,13,15,18H,5-12H2,1H3,(H,19,20). The number of rotatable bonds is 6. The van der Waals surface area contributed by atoms with Crippen molar-refractivity contribution >= 4 is 5.91 Å². The highest BCUT2D eigenvalue weighted by Gasteiger charge is 2.12. The third-order valence-electron chi connectivity index (χ3n) is 4.06. The van der Waals surface area contributed by atoms with Crippen molar-refractivity contribution in [2.45, 2.75) is 39.0 Å². The molecule has 2 N–H and O–H groups in total. The van der Waals surface area contributed by atoms with Gasteiger partial charge in [0.15, 0.2) is 0 Å². The van der Waals surface area contributed by atoms with Gasteiger partial charge in [-0.25, -0.2) is 0 Å². The quantitative estimate of drug-likeness (QED) is 0.836. The Labute approximate surface area is 122 Å². The minimum atomic E-state index is 0.181. The van der Waals surface area contributed by atoms with Crippen molar-refractivity contribution in [1.29, 1.82) is 0 Å². The summed E-state index contributed by atoms with van der Waals surface area (Å²) < 4.78 is 0. The Morgan fingerprint density at radius 3 is 2.90 bits per heavy atom. The summed E-state index contributed by atoms with van der Waals surface area (Å²) in [6.07, 6.45) is 5.05. The van der Waals surface area contributed by atoms with E-state index in [1.54, 1.807) is 0 Å². The highest BCUT2D eigenvalue weighted by atomic mass is 16.1. The molecule has 1 heterocycles. The molecule has 0 saturated carbocycles. The monoisotopic (exact) mass is 274 g/mol. The lowest BCUT2D eigenvalue weighted by Crippen LogP contribution is -2.31. The van der Waals surface area contributed by atoms with Gasteiger partial charge in [0, 0.05) is 13.0 Å². The van der Waals surface area contributed by atoms with Gasteiger partial charge in [0.1, 0.15) is 0 Å². The molecule has 0 aromatic heterocycles. The normalized spacial score (nSPS) is 16.1. The lowest BCUT2D eigenvalue weighted by molar-refractivity contribution is -0.121. The van der Waals surface area contributed by atoms with E-state index in [-0.39, 0.29) is 5.91 Å². The van der Waals surface area contributed by atoms with E-state index in [1.165, 1.54) is 24.0 Å². The Morgan fingerprint density at radius 1 is 1.35 bits per heavy atom. The number of carbonyl (C=O) groups is 1. The number of hydrogen-bond acceptors (Lipinski definition) is 2. The Balaban J connectivity index is 1.60. The third kappa shape index (κ3) is 5.33. The molecule has 0 atom stereocenters. The van der Waals surface area contributed by atoms with E-state index in [0.717, 1.165) is 38.4 Å². The molecule has 2 rings (SSSR count). The molecule has 0 bridgehead atoms. The molecule has 1 aliphatic heterocycles. The van der Waals surface area contributed by atoms with Gasteiger partial charge in [-0.1, -0.05) is 29.8 Å². The Morgan fingerprint density at radius 2 is 2.15 bits per heavy atom. The van der Waals surface area contributed by atoms with Crippen molar-refractivity contribution in [2.75, 3.05) is 19.6 Å². The zero-order chi connectivity index (χ0) is 14.2. The topological polar surface area (TPSA) is 41.1 Å². The SMILES string of the molecule is Cc1cccc(CCC(=O)NCCC2CCNCC2)c1. The fourth-order valence-corrected chi connectivity index (χ4v) is 2.80. The maximum absolute atomic E-state index is 11.8. The van der Waals surface area contributed by atoms with Crippen LogP contribution in [0.1, 0.15) is 36.8 Å². The summed E-state index contributed by atoms with van der Waals surface area (Å²) in [4.78, 5) is 11.8. The second-order valence-electron chi connectivity index (χ2n) is 5.82. The molecule has 3 heteroatoms. The van der Waals surface area contributed by atoms with Crippen LogP contribution >= 0.6 is 0 Å². The molecule has 0 unspecified atom stereocenters. The fourth-order valence-electron chi connectivity index (χ4n) is 2.80. The largest absolute Gasteiger partial charge is 0.356 e. The molecule has 1 aromatic carbocycles. The zero-order valence-corrected chi connectivity index (χ0v) is 12.5. The maximum Gasteiger partial charge on any atom is 0.220 e. The number of hydrogen-bond donors (Lipinski definition) is 2. The van der Waals surface area contributed by atoms with E-state index in [0.29, 0.717) is 6.42 Å². The molecule has 20 heavy (non-hydrogen) atoms. The first-order chi connectivity index (χ1) is 9.74. The van der Waals surface area contributed by atoms with E-state index < -0.39 is 0 Å². The second kappa shape index (κ2) is 8.05.